The summed E-state index contributed by atoms with van der Waals surface area (Å²) in [6.45, 7) is 1.52. The molecule has 0 aliphatic carbocycles. The first-order chi connectivity index (χ1) is 11.2. The van der Waals surface area contributed by atoms with Crippen LogP contribution >= 0.6 is 0 Å². The molecule has 0 unspecified atom stereocenters. The molecule has 0 saturated carbocycles. The van der Waals surface area contributed by atoms with E-state index in [-0.39, 0.29) is 29.9 Å². The van der Waals surface area contributed by atoms with Gasteiger partial charge >= 0.3 is 6.18 Å². The highest BCUT2D eigenvalue weighted by Gasteiger charge is 2.33. The second-order valence-electron chi connectivity index (χ2n) is 4.92. The molecule has 1 amide bonds. The van der Waals surface area contributed by atoms with Crippen molar-refractivity contribution in [2.75, 3.05) is 6.54 Å². The van der Waals surface area contributed by atoms with Crippen molar-refractivity contribution in [3.05, 3.63) is 57.4 Å². The summed E-state index contributed by atoms with van der Waals surface area (Å²) >= 11 is 0. The maximum absolute atomic E-state index is 12.4. The Morgan fingerprint density at radius 1 is 1.38 bits per heavy atom. The average Bonchev–Trinajstić information content (AvgIpc) is 2.96. The van der Waals surface area contributed by atoms with E-state index in [9.17, 15) is 28.1 Å². The fraction of sp³-hybridized carbons (Fsp3) is 0.286. The average molecular weight is 342 g/mol. The molecule has 0 aliphatic rings. The number of carbonyl (C=O) groups excluding carboxylic acids is 1. The first kappa shape index (κ1) is 17.4. The Labute approximate surface area is 134 Å². The van der Waals surface area contributed by atoms with Crippen molar-refractivity contribution in [1.82, 2.24) is 15.1 Å². The zero-order chi connectivity index (χ0) is 17.9. The van der Waals surface area contributed by atoms with Gasteiger partial charge in [0.1, 0.15) is 0 Å². The van der Waals surface area contributed by atoms with Crippen LogP contribution in [0.3, 0.4) is 0 Å². The van der Waals surface area contributed by atoms with Crippen LogP contribution in [0.25, 0.3) is 0 Å². The molecule has 7 nitrogen and oxygen atoms in total. The normalized spacial score (nSPS) is 11.3. The molecule has 0 atom stereocenters. The predicted molar refractivity (Wildman–Crippen MR) is 77.4 cm³/mol. The molecule has 1 heterocycles. The number of carbonyl (C=O) groups is 1. The molecular weight excluding hydrogens is 329 g/mol. The maximum atomic E-state index is 12.4. The Kier molecular flexibility index (Phi) is 4.86. The van der Waals surface area contributed by atoms with Crippen molar-refractivity contribution in [2.45, 2.75) is 19.6 Å². The molecule has 0 saturated heterocycles. The van der Waals surface area contributed by atoms with Crippen LogP contribution < -0.4 is 5.32 Å². The Hall–Kier alpha value is -2.91. The third-order valence-corrected chi connectivity index (χ3v) is 3.30. The number of rotatable bonds is 5. The lowest BCUT2D eigenvalue weighted by Crippen LogP contribution is -2.28. The highest BCUT2D eigenvalue weighted by atomic mass is 19.4. The van der Waals surface area contributed by atoms with E-state index in [2.05, 4.69) is 10.4 Å². The first-order valence-electron chi connectivity index (χ1n) is 6.83. The van der Waals surface area contributed by atoms with Crippen LogP contribution in [0, 0.1) is 17.0 Å². The van der Waals surface area contributed by atoms with E-state index < -0.39 is 22.7 Å². The van der Waals surface area contributed by atoms with E-state index in [1.54, 1.807) is 0 Å². The van der Waals surface area contributed by atoms with Gasteiger partial charge in [-0.3, -0.25) is 19.6 Å². The van der Waals surface area contributed by atoms with Crippen LogP contribution in [-0.4, -0.2) is 27.2 Å². The number of nitro groups is 1. The van der Waals surface area contributed by atoms with Crippen LogP contribution in [0.5, 0.6) is 0 Å². The van der Waals surface area contributed by atoms with E-state index in [1.165, 1.54) is 25.1 Å². The molecule has 2 aromatic rings. The Morgan fingerprint density at radius 3 is 2.67 bits per heavy atom. The zero-order valence-electron chi connectivity index (χ0n) is 12.5. The molecular formula is C14H13F3N4O3. The van der Waals surface area contributed by atoms with E-state index in [0.29, 0.717) is 0 Å². The van der Waals surface area contributed by atoms with Crippen LogP contribution in [0.4, 0.5) is 18.9 Å². The topological polar surface area (TPSA) is 90.1 Å². The minimum absolute atomic E-state index is 0.0277. The predicted octanol–water partition coefficient (Wildman–Crippen LogP) is 2.55. The lowest BCUT2D eigenvalue weighted by Gasteiger charge is -2.08. The molecule has 2 rings (SSSR count). The summed E-state index contributed by atoms with van der Waals surface area (Å²) < 4.78 is 38.3. The van der Waals surface area contributed by atoms with E-state index in [4.69, 9.17) is 0 Å². The Morgan fingerprint density at radius 2 is 2.08 bits per heavy atom. The van der Waals surface area contributed by atoms with E-state index >= 15 is 0 Å². The standard InChI is InChI=1S/C14H13F3N4O3/c1-9-10(3-2-4-11(9)21(23)24)13(22)18-6-8-20-7-5-12(19-20)14(15,16)17/h2-5,7H,6,8H2,1H3,(H,18,22). The fourth-order valence-electron chi connectivity index (χ4n) is 2.08. The van der Waals surface area contributed by atoms with Crippen molar-refractivity contribution < 1.29 is 22.9 Å². The van der Waals surface area contributed by atoms with Crippen molar-refractivity contribution in [3.63, 3.8) is 0 Å². The van der Waals surface area contributed by atoms with Gasteiger partial charge in [-0.25, -0.2) is 0 Å². The summed E-state index contributed by atoms with van der Waals surface area (Å²) in [7, 11) is 0. The zero-order valence-corrected chi connectivity index (χ0v) is 12.5. The molecule has 10 heteroatoms. The summed E-state index contributed by atoms with van der Waals surface area (Å²) in [5.41, 5.74) is -0.827. The van der Waals surface area contributed by atoms with Crippen LogP contribution in [0.2, 0.25) is 0 Å². The van der Waals surface area contributed by atoms with E-state index in [0.717, 1.165) is 16.9 Å². The minimum atomic E-state index is -4.52. The van der Waals surface area contributed by atoms with Crippen molar-refractivity contribution >= 4 is 11.6 Å². The number of hydrogen-bond acceptors (Lipinski definition) is 4. The Balaban J connectivity index is 1.98. The number of nitrogens with zero attached hydrogens (tertiary/aromatic N) is 3. The first-order valence-corrected chi connectivity index (χ1v) is 6.83. The number of benzene rings is 1. The summed E-state index contributed by atoms with van der Waals surface area (Å²) in [4.78, 5) is 22.3. The molecule has 24 heavy (non-hydrogen) atoms. The lowest BCUT2D eigenvalue weighted by atomic mass is 10.1. The smallest absolute Gasteiger partial charge is 0.350 e. The number of nitro benzene ring substituents is 1. The van der Waals surface area contributed by atoms with Gasteiger partial charge in [-0.15, -0.1) is 0 Å². The van der Waals surface area contributed by atoms with Crippen molar-refractivity contribution in [2.24, 2.45) is 0 Å². The number of nitrogens with one attached hydrogen (secondary N) is 1. The van der Waals surface area contributed by atoms with Crippen LogP contribution in [0.1, 0.15) is 21.6 Å². The Bertz CT molecular complexity index is 771. The van der Waals surface area contributed by atoms with Crippen molar-refractivity contribution in [3.8, 4) is 0 Å². The monoisotopic (exact) mass is 342 g/mol. The number of hydrogen-bond donors (Lipinski definition) is 1. The molecule has 0 aliphatic heterocycles. The van der Waals surface area contributed by atoms with Gasteiger partial charge in [0.2, 0.25) is 0 Å². The van der Waals surface area contributed by atoms with Gasteiger partial charge in [0, 0.05) is 29.9 Å². The third kappa shape index (κ3) is 3.89. The molecule has 1 aromatic heterocycles. The molecule has 0 bridgehead atoms. The van der Waals surface area contributed by atoms with Gasteiger partial charge in [-0.1, -0.05) is 6.07 Å². The van der Waals surface area contributed by atoms with Gasteiger partial charge in [0.15, 0.2) is 5.69 Å². The molecule has 128 valence electrons. The molecule has 1 aromatic carbocycles. The largest absolute Gasteiger partial charge is 0.435 e. The molecule has 0 fully saturated rings. The quantitative estimate of drug-likeness (QED) is 0.668. The highest BCUT2D eigenvalue weighted by Crippen LogP contribution is 2.27. The minimum Gasteiger partial charge on any atom is -0.350 e. The van der Waals surface area contributed by atoms with Gasteiger partial charge in [-0.2, -0.15) is 18.3 Å². The summed E-state index contributed by atoms with van der Waals surface area (Å²) in [5, 5.41) is 16.7. The molecule has 1 N–H and O–H groups in total. The van der Waals surface area contributed by atoms with Crippen LogP contribution in [-0.2, 0) is 12.7 Å². The molecule has 0 radical (unpaired) electrons. The van der Waals surface area contributed by atoms with Gasteiger partial charge in [-0.05, 0) is 19.1 Å². The second-order valence-corrected chi connectivity index (χ2v) is 4.92. The second kappa shape index (κ2) is 6.69. The van der Waals surface area contributed by atoms with Gasteiger partial charge in [0.05, 0.1) is 11.5 Å². The number of amides is 1. The van der Waals surface area contributed by atoms with Gasteiger partial charge < -0.3 is 5.32 Å². The fourth-order valence-corrected chi connectivity index (χ4v) is 2.08. The summed E-state index contributed by atoms with van der Waals surface area (Å²) in [6, 6.07) is 4.96. The number of aromatic nitrogens is 2. The van der Waals surface area contributed by atoms with Gasteiger partial charge in [0.25, 0.3) is 11.6 Å². The summed E-state index contributed by atoms with van der Waals surface area (Å²) in [6.07, 6.45) is -3.36. The van der Waals surface area contributed by atoms with E-state index in [1.807, 2.05) is 0 Å². The highest BCUT2D eigenvalue weighted by molar-refractivity contribution is 5.96. The number of halogens is 3. The molecule has 0 spiro atoms. The summed E-state index contributed by atoms with van der Waals surface area (Å²) in [5.74, 6) is -0.542. The third-order valence-electron chi connectivity index (χ3n) is 3.30. The lowest BCUT2D eigenvalue weighted by molar-refractivity contribution is -0.385. The SMILES string of the molecule is Cc1c(C(=O)NCCn2ccc(C(F)(F)F)n2)cccc1[N+](=O)[O-]. The number of alkyl halides is 3. The van der Waals surface area contributed by atoms with Crippen LogP contribution in [0.15, 0.2) is 30.5 Å². The van der Waals surface area contributed by atoms with Crippen molar-refractivity contribution in [1.29, 1.82) is 0 Å². The maximum Gasteiger partial charge on any atom is 0.435 e.